The van der Waals surface area contributed by atoms with Gasteiger partial charge in [0.25, 0.3) is 0 Å². The molecule has 1 aromatic rings. The molecule has 1 heterocycles. The predicted octanol–water partition coefficient (Wildman–Crippen LogP) is 3.34. The van der Waals surface area contributed by atoms with Crippen LogP contribution in [0.1, 0.15) is 32.4 Å². The number of ether oxygens (including phenoxy) is 1. The average Bonchev–Trinajstić information content (AvgIpc) is 2.38. The zero-order valence-electron chi connectivity index (χ0n) is 11.9. The highest BCUT2D eigenvalue weighted by molar-refractivity contribution is 9.10. The van der Waals surface area contributed by atoms with Crippen molar-refractivity contribution < 1.29 is 4.74 Å². The van der Waals surface area contributed by atoms with Crippen molar-refractivity contribution >= 4 is 21.6 Å². The first-order valence-electron chi connectivity index (χ1n) is 7.01. The molecular formula is C15H23BrN2O. The van der Waals surface area contributed by atoms with Crippen LogP contribution in [0.2, 0.25) is 0 Å². The molecular weight excluding hydrogens is 304 g/mol. The second-order valence-corrected chi connectivity index (χ2v) is 5.97. The van der Waals surface area contributed by atoms with Crippen molar-refractivity contribution in [3.63, 3.8) is 0 Å². The fraction of sp³-hybridized carbons (Fsp3) is 0.600. The second kappa shape index (κ2) is 6.73. The van der Waals surface area contributed by atoms with Gasteiger partial charge in [0, 0.05) is 23.6 Å². The summed E-state index contributed by atoms with van der Waals surface area (Å²) in [5.74, 6) is 0. The molecule has 1 fully saturated rings. The third-order valence-corrected chi connectivity index (χ3v) is 4.20. The smallest absolute Gasteiger partial charge is 0.0722 e. The zero-order chi connectivity index (χ0) is 13.8. The molecule has 1 aromatic carbocycles. The van der Waals surface area contributed by atoms with Crippen molar-refractivity contribution in [2.24, 2.45) is 0 Å². The standard InChI is InChI=1S/C15H23BrN2O/c1-4-17-12(3)13-5-6-15(14(16)9-13)18-7-8-19-11(2)10-18/h5-6,9,11-12,17H,4,7-8,10H2,1-3H3. The molecule has 0 spiro atoms. The predicted molar refractivity (Wildman–Crippen MR) is 83.9 cm³/mol. The van der Waals surface area contributed by atoms with Crippen molar-refractivity contribution in [1.29, 1.82) is 0 Å². The number of hydrogen-bond donors (Lipinski definition) is 1. The van der Waals surface area contributed by atoms with Crippen molar-refractivity contribution in [1.82, 2.24) is 5.32 Å². The van der Waals surface area contributed by atoms with Crippen LogP contribution in [-0.4, -0.2) is 32.3 Å². The van der Waals surface area contributed by atoms with Gasteiger partial charge in [0.05, 0.1) is 18.4 Å². The molecule has 0 aromatic heterocycles. The van der Waals surface area contributed by atoms with Crippen LogP contribution >= 0.6 is 15.9 Å². The van der Waals surface area contributed by atoms with Crippen LogP contribution in [0.4, 0.5) is 5.69 Å². The maximum Gasteiger partial charge on any atom is 0.0722 e. The molecule has 0 radical (unpaired) electrons. The van der Waals surface area contributed by atoms with E-state index in [-0.39, 0.29) is 0 Å². The van der Waals surface area contributed by atoms with Crippen molar-refractivity contribution in [2.45, 2.75) is 32.9 Å². The summed E-state index contributed by atoms with van der Waals surface area (Å²) >= 11 is 3.71. The van der Waals surface area contributed by atoms with Crippen LogP contribution in [0, 0.1) is 0 Å². The molecule has 0 amide bonds. The maximum atomic E-state index is 5.60. The lowest BCUT2D eigenvalue weighted by Crippen LogP contribution is -2.41. The fourth-order valence-electron chi connectivity index (χ4n) is 2.51. The van der Waals surface area contributed by atoms with Gasteiger partial charge in [0.2, 0.25) is 0 Å². The third-order valence-electron chi connectivity index (χ3n) is 3.56. The molecule has 2 rings (SSSR count). The molecule has 1 saturated heterocycles. The van der Waals surface area contributed by atoms with Crippen LogP contribution in [0.25, 0.3) is 0 Å². The number of morpholine rings is 1. The Balaban J connectivity index is 2.14. The number of nitrogens with one attached hydrogen (secondary N) is 1. The Labute approximate surface area is 124 Å². The van der Waals surface area contributed by atoms with Crippen molar-refractivity contribution in [3.8, 4) is 0 Å². The van der Waals surface area contributed by atoms with Gasteiger partial charge in [0.15, 0.2) is 0 Å². The van der Waals surface area contributed by atoms with Gasteiger partial charge >= 0.3 is 0 Å². The fourth-order valence-corrected chi connectivity index (χ4v) is 3.16. The summed E-state index contributed by atoms with van der Waals surface area (Å²) in [5.41, 5.74) is 2.58. The first kappa shape index (κ1) is 14.8. The second-order valence-electron chi connectivity index (χ2n) is 5.12. The summed E-state index contributed by atoms with van der Waals surface area (Å²) in [6.07, 6.45) is 0.306. The molecule has 0 aliphatic carbocycles. The Morgan fingerprint density at radius 3 is 2.95 bits per heavy atom. The quantitative estimate of drug-likeness (QED) is 0.918. The van der Waals surface area contributed by atoms with Crippen LogP contribution in [0.5, 0.6) is 0 Å². The van der Waals surface area contributed by atoms with E-state index in [2.05, 4.69) is 65.1 Å². The minimum atomic E-state index is 0.306. The molecule has 0 bridgehead atoms. The molecule has 0 saturated carbocycles. The van der Waals surface area contributed by atoms with E-state index in [4.69, 9.17) is 4.74 Å². The first-order chi connectivity index (χ1) is 9.11. The van der Waals surface area contributed by atoms with E-state index in [0.29, 0.717) is 12.1 Å². The Morgan fingerprint density at radius 1 is 1.53 bits per heavy atom. The van der Waals surface area contributed by atoms with Gasteiger partial charge in [-0.25, -0.2) is 0 Å². The van der Waals surface area contributed by atoms with Crippen molar-refractivity contribution in [3.05, 3.63) is 28.2 Å². The van der Waals surface area contributed by atoms with Gasteiger partial charge in [-0.3, -0.25) is 0 Å². The van der Waals surface area contributed by atoms with E-state index in [1.165, 1.54) is 15.7 Å². The minimum absolute atomic E-state index is 0.306. The van der Waals surface area contributed by atoms with Gasteiger partial charge in [0.1, 0.15) is 0 Å². The summed E-state index contributed by atoms with van der Waals surface area (Å²) in [4.78, 5) is 2.39. The van der Waals surface area contributed by atoms with Crippen LogP contribution < -0.4 is 10.2 Å². The Hall–Kier alpha value is -0.580. The summed E-state index contributed by atoms with van der Waals surface area (Å²) in [7, 11) is 0. The summed E-state index contributed by atoms with van der Waals surface area (Å²) < 4.78 is 6.77. The highest BCUT2D eigenvalue weighted by atomic mass is 79.9. The average molecular weight is 327 g/mol. The molecule has 1 N–H and O–H groups in total. The molecule has 1 aliphatic heterocycles. The highest BCUT2D eigenvalue weighted by Gasteiger charge is 2.19. The summed E-state index contributed by atoms with van der Waals surface area (Å²) in [6.45, 7) is 10.2. The van der Waals surface area contributed by atoms with Gasteiger partial charge in [-0.15, -0.1) is 0 Å². The molecule has 106 valence electrons. The van der Waals surface area contributed by atoms with E-state index in [1.54, 1.807) is 0 Å². The first-order valence-corrected chi connectivity index (χ1v) is 7.80. The lowest BCUT2D eigenvalue weighted by Gasteiger charge is -2.33. The van der Waals surface area contributed by atoms with Gasteiger partial charge < -0.3 is 15.0 Å². The van der Waals surface area contributed by atoms with Crippen LogP contribution in [-0.2, 0) is 4.74 Å². The molecule has 2 unspecified atom stereocenters. The number of benzene rings is 1. The molecule has 1 aliphatic rings. The number of rotatable bonds is 4. The lowest BCUT2D eigenvalue weighted by atomic mass is 10.1. The molecule has 4 heteroatoms. The third kappa shape index (κ3) is 3.71. The number of halogens is 1. The van der Waals surface area contributed by atoms with Crippen LogP contribution in [0.3, 0.4) is 0 Å². The maximum absolute atomic E-state index is 5.60. The van der Waals surface area contributed by atoms with E-state index in [9.17, 15) is 0 Å². The monoisotopic (exact) mass is 326 g/mol. The molecule has 2 atom stereocenters. The zero-order valence-corrected chi connectivity index (χ0v) is 13.5. The largest absolute Gasteiger partial charge is 0.375 e. The molecule has 3 nitrogen and oxygen atoms in total. The number of anilines is 1. The topological polar surface area (TPSA) is 24.5 Å². The Morgan fingerprint density at radius 2 is 2.32 bits per heavy atom. The van der Waals surface area contributed by atoms with E-state index in [0.717, 1.165) is 26.2 Å². The normalized spacial score (nSPS) is 21.5. The Kier molecular flexibility index (Phi) is 5.25. The van der Waals surface area contributed by atoms with Crippen molar-refractivity contribution in [2.75, 3.05) is 31.1 Å². The highest BCUT2D eigenvalue weighted by Crippen LogP contribution is 2.30. The van der Waals surface area contributed by atoms with Gasteiger partial charge in [-0.05, 0) is 54.0 Å². The van der Waals surface area contributed by atoms with Gasteiger partial charge in [-0.2, -0.15) is 0 Å². The van der Waals surface area contributed by atoms with Gasteiger partial charge in [-0.1, -0.05) is 13.0 Å². The van der Waals surface area contributed by atoms with E-state index in [1.807, 2.05) is 0 Å². The molecule has 19 heavy (non-hydrogen) atoms. The minimum Gasteiger partial charge on any atom is -0.375 e. The lowest BCUT2D eigenvalue weighted by molar-refractivity contribution is 0.0532. The Bertz CT molecular complexity index is 425. The summed E-state index contributed by atoms with van der Waals surface area (Å²) in [5, 5.41) is 3.44. The van der Waals surface area contributed by atoms with E-state index >= 15 is 0 Å². The van der Waals surface area contributed by atoms with E-state index < -0.39 is 0 Å². The van der Waals surface area contributed by atoms with Crippen LogP contribution in [0.15, 0.2) is 22.7 Å². The number of nitrogens with zero attached hydrogens (tertiary/aromatic N) is 1. The summed E-state index contributed by atoms with van der Waals surface area (Å²) in [6, 6.07) is 7.04. The number of hydrogen-bond acceptors (Lipinski definition) is 3. The SMILES string of the molecule is CCNC(C)c1ccc(N2CCOC(C)C2)c(Br)c1.